The average molecular weight is 268 g/mol. The van der Waals surface area contributed by atoms with Crippen molar-refractivity contribution in [2.75, 3.05) is 0 Å². The molecule has 3 aromatic rings. The molecular formula is C14H12N4O2. The summed E-state index contributed by atoms with van der Waals surface area (Å²) in [4.78, 5) is 23.7. The largest absolute Gasteiger partial charge is 0.478 e. The molecule has 0 bridgehead atoms. The van der Waals surface area contributed by atoms with Gasteiger partial charge in [0.1, 0.15) is 18.0 Å². The van der Waals surface area contributed by atoms with Gasteiger partial charge in [-0.15, -0.1) is 0 Å². The number of aromatic nitrogens is 4. The molecule has 0 radical (unpaired) electrons. The Kier molecular flexibility index (Phi) is 2.90. The van der Waals surface area contributed by atoms with E-state index in [4.69, 9.17) is 5.11 Å². The van der Waals surface area contributed by atoms with Crippen LogP contribution in [0.3, 0.4) is 0 Å². The van der Waals surface area contributed by atoms with Crippen molar-refractivity contribution >= 4 is 16.9 Å². The summed E-state index contributed by atoms with van der Waals surface area (Å²) in [7, 11) is 0. The monoisotopic (exact) mass is 268 g/mol. The van der Waals surface area contributed by atoms with Gasteiger partial charge in [-0.1, -0.05) is 6.92 Å². The summed E-state index contributed by atoms with van der Waals surface area (Å²) < 4.78 is 1.89. The number of imidazole rings is 1. The first-order valence-corrected chi connectivity index (χ1v) is 6.21. The van der Waals surface area contributed by atoms with Crippen LogP contribution in [-0.4, -0.2) is 30.6 Å². The zero-order valence-corrected chi connectivity index (χ0v) is 10.8. The van der Waals surface area contributed by atoms with Crippen molar-refractivity contribution in [1.82, 2.24) is 19.5 Å². The maximum Gasteiger partial charge on any atom is 0.335 e. The molecular weight excluding hydrogens is 256 g/mol. The number of carbonyl (C=O) groups is 1. The zero-order valence-electron chi connectivity index (χ0n) is 10.8. The van der Waals surface area contributed by atoms with Crippen LogP contribution in [0, 0.1) is 0 Å². The van der Waals surface area contributed by atoms with Gasteiger partial charge in [0.25, 0.3) is 0 Å². The zero-order chi connectivity index (χ0) is 14.1. The van der Waals surface area contributed by atoms with E-state index in [1.807, 2.05) is 17.7 Å². The number of hydrogen-bond donors (Lipinski definition) is 1. The molecule has 0 unspecified atom stereocenters. The molecule has 2 heterocycles. The second-order valence-corrected chi connectivity index (χ2v) is 4.30. The van der Waals surface area contributed by atoms with Crippen molar-refractivity contribution in [1.29, 1.82) is 0 Å². The number of rotatable bonds is 3. The molecule has 0 amide bonds. The smallest absolute Gasteiger partial charge is 0.335 e. The summed E-state index contributed by atoms with van der Waals surface area (Å²) in [5.41, 5.74) is 0.814. The molecule has 0 saturated heterocycles. The number of benzene rings is 1. The minimum absolute atomic E-state index is 0.212. The highest BCUT2D eigenvalue weighted by atomic mass is 16.4. The van der Waals surface area contributed by atoms with E-state index < -0.39 is 5.97 Å². The number of aryl methyl sites for hydroxylation is 1. The van der Waals surface area contributed by atoms with Crippen LogP contribution < -0.4 is 0 Å². The molecule has 0 aliphatic heterocycles. The van der Waals surface area contributed by atoms with Crippen molar-refractivity contribution in [3.8, 4) is 5.82 Å². The molecule has 3 rings (SSSR count). The van der Waals surface area contributed by atoms with Gasteiger partial charge in [0.05, 0.1) is 11.1 Å². The van der Waals surface area contributed by atoms with Crippen molar-refractivity contribution in [2.24, 2.45) is 0 Å². The molecule has 0 saturated carbocycles. The molecule has 1 aromatic carbocycles. The Labute approximate surface area is 114 Å². The minimum atomic E-state index is -0.969. The predicted molar refractivity (Wildman–Crippen MR) is 73.0 cm³/mol. The maximum atomic E-state index is 11.0. The fraction of sp³-hybridized carbons (Fsp3) is 0.143. The third-order valence-electron chi connectivity index (χ3n) is 3.12. The van der Waals surface area contributed by atoms with Crippen LogP contribution in [-0.2, 0) is 6.42 Å². The Balaban J connectivity index is 2.25. The van der Waals surface area contributed by atoms with Gasteiger partial charge < -0.3 is 5.11 Å². The van der Waals surface area contributed by atoms with Crippen molar-refractivity contribution in [3.63, 3.8) is 0 Å². The maximum absolute atomic E-state index is 11.0. The van der Waals surface area contributed by atoms with E-state index in [2.05, 4.69) is 15.0 Å². The van der Waals surface area contributed by atoms with E-state index in [-0.39, 0.29) is 5.56 Å². The number of fused-ring (bicyclic) bond motifs is 1. The third kappa shape index (κ3) is 1.91. The fourth-order valence-corrected chi connectivity index (χ4v) is 2.16. The highest BCUT2D eigenvalue weighted by molar-refractivity contribution is 5.94. The summed E-state index contributed by atoms with van der Waals surface area (Å²) in [6.07, 6.45) is 5.78. The molecule has 0 aliphatic carbocycles. The van der Waals surface area contributed by atoms with Crippen LogP contribution in [0.2, 0.25) is 0 Å². The molecule has 1 N–H and O–H groups in total. The molecule has 0 aliphatic rings. The lowest BCUT2D eigenvalue weighted by atomic mass is 10.1. The number of hydrogen-bond acceptors (Lipinski definition) is 4. The highest BCUT2D eigenvalue weighted by Gasteiger charge is 2.11. The molecule has 0 spiro atoms. The first kappa shape index (κ1) is 12.3. The van der Waals surface area contributed by atoms with E-state index >= 15 is 0 Å². The number of carboxylic acids is 1. The Morgan fingerprint density at radius 2 is 2.15 bits per heavy atom. The van der Waals surface area contributed by atoms with Crippen LogP contribution >= 0.6 is 0 Å². The van der Waals surface area contributed by atoms with E-state index in [1.165, 1.54) is 6.33 Å². The fourth-order valence-electron chi connectivity index (χ4n) is 2.16. The van der Waals surface area contributed by atoms with Gasteiger partial charge in [-0.3, -0.25) is 4.57 Å². The summed E-state index contributed by atoms with van der Waals surface area (Å²) in [6.45, 7) is 2.02. The van der Waals surface area contributed by atoms with Gasteiger partial charge in [-0.25, -0.2) is 19.7 Å². The molecule has 2 aromatic heterocycles. The van der Waals surface area contributed by atoms with Crippen LogP contribution in [0.15, 0.2) is 36.9 Å². The SMILES string of the molecule is CCc1nccn1-c1ncnc2cc(C(=O)O)ccc12. The molecule has 6 heteroatoms. The molecule has 6 nitrogen and oxygen atoms in total. The van der Waals surface area contributed by atoms with Gasteiger partial charge >= 0.3 is 5.97 Å². The second kappa shape index (κ2) is 4.73. The lowest BCUT2D eigenvalue weighted by Gasteiger charge is -2.08. The summed E-state index contributed by atoms with van der Waals surface area (Å²) >= 11 is 0. The first-order valence-electron chi connectivity index (χ1n) is 6.21. The van der Waals surface area contributed by atoms with Gasteiger partial charge in [0.2, 0.25) is 0 Å². The third-order valence-corrected chi connectivity index (χ3v) is 3.12. The van der Waals surface area contributed by atoms with Gasteiger partial charge in [0.15, 0.2) is 0 Å². The Morgan fingerprint density at radius 1 is 1.30 bits per heavy atom. The number of carboxylic acid groups (broad SMARTS) is 1. The van der Waals surface area contributed by atoms with E-state index in [9.17, 15) is 4.79 Å². The second-order valence-electron chi connectivity index (χ2n) is 4.30. The van der Waals surface area contributed by atoms with Crippen LogP contribution in [0.4, 0.5) is 0 Å². The molecule has 0 fully saturated rings. The minimum Gasteiger partial charge on any atom is -0.478 e. The average Bonchev–Trinajstić information content (AvgIpc) is 2.94. The van der Waals surface area contributed by atoms with Crippen LogP contribution in [0.25, 0.3) is 16.7 Å². The summed E-state index contributed by atoms with van der Waals surface area (Å²) in [5, 5.41) is 9.82. The van der Waals surface area contributed by atoms with Crippen molar-refractivity contribution in [2.45, 2.75) is 13.3 Å². The Hall–Kier alpha value is -2.76. The van der Waals surface area contributed by atoms with E-state index in [0.717, 1.165) is 17.6 Å². The van der Waals surface area contributed by atoms with Gasteiger partial charge in [0, 0.05) is 24.2 Å². The number of nitrogens with zero attached hydrogens (tertiary/aromatic N) is 4. The lowest BCUT2D eigenvalue weighted by molar-refractivity contribution is 0.0697. The molecule has 0 atom stereocenters. The predicted octanol–water partition coefficient (Wildman–Crippen LogP) is 2.08. The first-order chi connectivity index (χ1) is 9.70. The van der Waals surface area contributed by atoms with Crippen molar-refractivity contribution < 1.29 is 9.90 Å². The Bertz CT molecular complexity index is 795. The van der Waals surface area contributed by atoms with Gasteiger partial charge in [-0.05, 0) is 18.2 Å². The summed E-state index contributed by atoms with van der Waals surface area (Å²) in [5.74, 6) is 0.637. The molecule has 100 valence electrons. The summed E-state index contributed by atoms with van der Waals surface area (Å²) in [6, 6.07) is 4.83. The van der Waals surface area contributed by atoms with E-state index in [0.29, 0.717) is 11.3 Å². The topological polar surface area (TPSA) is 80.9 Å². The van der Waals surface area contributed by atoms with Crippen molar-refractivity contribution in [3.05, 3.63) is 48.3 Å². The number of aromatic carboxylic acids is 1. The quantitative estimate of drug-likeness (QED) is 0.786. The van der Waals surface area contributed by atoms with Crippen LogP contribution in [0.5, 0.6) is 0 Å². The lowest BCUT2D eigenvalue weighted by Crippen LogP contribution is -2.04. The molecule has 20 heavy (non-hydrogen) atoms. The normalized spacial score (nSPS) is 10.8. The van der Waals surface area contributed by atoms with E-state index in [1.54, 1.807) is 24.4 Å². The Morgan fingerprint density at radius 3 is 2.90 bits per heavy atom. The van der Waals surface area contributed by atoms with Gasteiger partial charge in [-0.2, -0.15) is 0 Å². The highest BCUT2D eigenvalue weighted by Crippen LogP contribution is 2.21. The standard InChI is InChI=1S/C14H12N4O2/c1-2-12-15-5-6-18(12)13-10-4-3-9(14(19)20)7-11(10)16-8-17-13/h3-8H,2H2,1H3,(H,19,20). The van der Waals surface area contributed by atoms with Crippen LogP contribution in [0.1, 0.15) is 23.1 Å².